The van der Waals surface area contributed by atoms with Gasteiger partial charge in [-0.25, -0.2) is 14.6 Å². The first-order chi connectivity index (χ1) is 14.4. The molecule has 2 N–H and O–H groups in total. The summed E-state index contributed by atoms with van der Waals surface area (Å²) < 4.78 is 11.0. The van der Waals surface area contributed by atoms with Crippen molar-refractivity contribution in [1.82, 2.24) is 15.6 Å². The van der Waals surface area contributed by atoms with Crippen molar-refractivity contribution in [2.45, 2.75) is 13.1 Å². The third-order valence-corrected chi connectivity index (χ3v) is 5.08. The van der Waals surface area contributed by atoms with Gasteiger partial charge in [-0.1, -0.05) is 39.7 Å². The molecule has 0 atom stereocenters. The second-order valence-corrected chi connectivity index (χ2v) is 7.69. The number of fused-ring (bicyclic) bond motifs is 1. The third kappa shape index (κ3) is 5.20. The number of nitrogens with zero attached hydrogens (tertiary/aromatic N) is 1. The van der Waals surface area contributed by atoms with Gasteiger partial charge in [-0.2, -0.15) is 0 Å². The summed E-state index contributed by atoms with van der Waals surface area (Å²) in [6, 6.07) is 12.3. The van der Waals surface area contributed by atoms with Crippen molar-refractivity contribution in [2.24, 2.45) is 0 Å². The highest BCUT2D eigenvalue weighted by Crippen LogP contribution is 2.28. The Kier molecular flexibility index (Phi) is 7.12. The lowest BCUT2D eigenvalue weighted by molar-refractivity contribution is 0.0596. The van der Waals surface area contributed by atoms with Crippen molar-refractivity contribution < 1.29 is 19.1 Å². The number of aromatic nitrogens is 1. The third-order valence-electron chi connectivity index (χ3n) is 4.33. The molecule has 0 saturated heterocycles. The summed E-state index contributed by atoms with van der Waals surface area (Å²) in [7, 11) is 2.70. The van der Waals surface area contributed by atoms with Crippen LogP contribution in [0, 0.1) is 0 Å². The molecule has 0 spiro atoms. The lowest BCUT2D eigenvalue weighted by Gasteiger charge is -2.13. The molecule has 1 aromatic heterocycles. The molecule has 2 amide bonds. The average Bonchev–Trinajstić information content (AvgIpc) is 2.75. The van der Waals surface area contributed by atoms with Crippen molar-refractivity contribution in [2.75, 3.05) is 14.2 Å². The zero-order valence-corrected chi connectivity index (χ0v) is 18.6. The number of amides is 2. The van der Waals surface area contributed by atoms with Gasteiger partial charge >= 0.3 is 12.0 Å². The molecule has 0 aliphatic carbocycles. The van der Waals surface area contributed by atoms with Gasteiger partial charge in [0.25, 0.3) is 0 Å². The van der Waals surface area contributed by atoms with Gasteiger partial charge in [0.05, 0.1) is 19.7 Å². The number of carbonyl (C=O) groups excluding carboxylic acids is 2. The fourth-order valence-electron chi connectivity index (χ4n) is 2.87. The summed E-state index contributed by atoms with van der Waals surface area (Å²) in [6.07, 6.45) is 0. The fourth-order valence-corrected chi connectivity index (χ4v) is 3.39. The van der Waals surface area contributed by atoms with Crippen LogP contribution in [0.1, 0.15) is 21.5 Å². The summed E-state index contributed by atoms with van der Waals surface area (Å²) in [5, 5.41) is 6.69. The number of rotatable bonds is 6. The second kappa shape index (κ2) is 9.77. The van der Waals surface area contributed by atoms with Crippen LogP contribution < -0.4 is 15.4 Å². The van der Waals surface area contributed by atoms with Crippen LogP contribution in [-0.4, -0.2) is 31.2 Å². The second-order valence-electron chi connectivity index (χ2n) is 6.34. The Morgan fingerprint density at radius 3 is 2.43 bits per heavy atom. The number of benzene rings is 2. The fraction of sp³-hybridized carbons (Fsp3) is 0.190. The number of methoxy groups -OCH3 is 2. The van der Waals surface area contributed by atoms with Crippen LogP contribution in [0.15, 0.2) is 46.9 Å². The quantitative estimate of drug-likeness (QED) is 0.496. The predicted octanol–water partition coefficient (Wildman–Crippen LogP) is 4.45. The van der Waals surface area contributed by atoms with E-state index in [4.69, 9.17) is 21.1 Å². The Morgan fingerprint density at radius 1 is 1.07 bits per heavy atom. The van der Waals surface area contributed by atoms with Crippen LogP contribution in [0.3, 0.4) is 0 Å². The minimum absolute atomic E-state index is 0.137. The van der Waals surface area contributed by atoms with E-state index in [2.05, 4.69) is 31.5 Å². The number of pyridine rings is 1. The van der Waals surface area contributed by atoms with Gasteiger partial charge in [-0.15, -0.1) is 0 Å². The topological polar surface area (TPSA) is 89.5 Å². The van der Waals surface area contributed by atoms with E-state index >= 15 is 0 Å². The Bertz CT molecular complexity index is 1090. The number of esters is 1. The number of hydrogen-bond donors (Lipinski definition) is 2. The van der Waals surface area contributed by atoms with Crippen LogP contribution in [0.5, 0.6) is 5.88 Å². The van der Waals surface area contributed by atoms with Crippen molar-refractivity contribution in [1.29, 1.82) is 0 Å². The molecule has 0 fully saturated rings. The van der Waals surface area contributed by atoms with E-state index in [9.17, 15) is 9.59 Å². The number of nitrogens with one attached hydrogen (secondary N) is 2. The maximum absolute atomic E-state index is 12.2. The minimum atomic E-state index is -0.562. The molecule has 1 heterocycles. The molecule has 3 aromatic rings. The molecule has 2 aromatic carbocycles. The number of hydrogen-bond acceptors (Lipinski definition) is 5. The van der Waals surface area contributed by atoms with E-state index in [1.54, 1.807) is 18.2 Å². The molecule has 156 valence electrons. The SMILES string of the molecule is COC(=O)c1cc2cc(Cl)cc(CNC(=O)NCc3ccc(Br)cc3)c2nc1OC. The van der Waals surface area contributed by atoms with Crippen molar-refractivity contribution in [3.05, 3.63) is 68.7 Å². The lowest BCUT2D eigenvalue weighted by Crippen LogP contribution is -2.34. The van der Waals surface area contributed by atoms with Crippen LogP contribution in [0.4, 0.5) is 4.79 Å². The Balaban J connectivity index is 1.77. The first kappa shape index (κ1) is 21.9. The molecule has 7 nitrogen and oxygen atoms in total. The summed E-state index contributed by atoms with van der Waals surface area (Å²) in [4.78, 5) is 28.6. The largest absolute Gasteiger partial charge is 0.480 e. The zero-order chi connectivity index (χ0) is 21.7. The van der Waals surface area contributed by atoms with E-state index in [0.717, 1.165) is 10.0 Å². The van der Waals surface area contributed by atoms with Gasteiger partial charge in [0.15, 0.2) is 0 Å². The Morgan fingerprint density at radius 2 is 1.77 bits per heavy atom. The van der Waals surface area contributed by atoms with Gasteiger partial charge in [-0.3, -0.25) is 0 Å². The van der Waals surface area contributed by atoms with Gasteiger partial charge in [0.2, 0.25) is 5.88 Å². The molecule has 0 aliphatic heterocycles. The minimum Gasteiger partial charge on any atom is -0.480 e. The number of carbonyl (C=O) groups is 2. The smallest absolute Gasteiger partial charge is 0.343 e. The molecule has 0 radical (unpaired) electrons. The number of ether oxygens (including phenoxy) is 2. The summed E-state index contributed by atoms with van der Waals surface area (Å²) in [5.41, 5.74) is 2.42. The molecule has 0 saturated carbocycles. The molecule has 3 rings (SSSR count). The standard InChI is InChI=1S/C21H19BrClN3O4/c1-29-19-17(20(27)30-2)9-13-7-16(23)8-14(18(13)26-19)11-25-21(28)24-10-12-3-5-15(22)6-4-12/h3-9H,10-11H2,1-2H3,(H2,24,25,28). The maximum atomic E-state index is 12.2. The van der Waals surface area contributed by atoms with Gasteiger partial charge in [0.1, 0.15) is 5.56 Å². The molecule has 0 aliphatic rings. The Labute approximate surface area is 186 Å². The van der Waals surface area contributed by atoms with Crippen LogP contribution in [0.25, 0.3) is 10.9 Å². The number of urea groups is 1. The number of halogens is 2. The van der Waals surface area contributed by atoms with Gasteiger partial charge in [-0.05, 0) is 41.5 Å². The van der Waals surface area contributed by atoms with Crippen molar-refractivity contribution in [3.8, 4) is 5.88 Å². The molecular weight excluding hydrogens is 474 g/mol. The first-order valence-electron chi connectivity index (χ1n) is 8.93. The van der Waals surface area contributed by atoms with E-state index in [0.29, 0.717) is 28.0 Å². The van der Waals surface area contributed by atoms with Crippen molar-refractivity contribution in [3.63, 3.8) is 0 Å². The highest BCUT2D eigenvalue weighted by molar-refractivity contribution is 9.10. The normalized spacial score (nSPS) is 10.5. The van der Waals surface area contributed by atoms with Crippen LogP contribution in [-0.2, 0) is 17.8 Å². The highest BCUT2D eigenvalue weighted by Gasteiger charge is 2.18. The van der Waals surface area contributed by atoms with Gasteiger partial charge in [0, 0.05) is 28.0 Å². The zero-order valence-electron chi connectivity index (χ0n) is 16.3. The van der Waals surface area contributed by atoms with Crippen molar-refractivity contribution >= 4 is 50.4 Å². The van der Waals surface area contributed by atoms with E-state index in [1.165, 1.54) is 14.2 Å². The predicted molar refractivity (Wildman–Crippen MR) is 118 cm³/mol. The monoisotopic (exact) mass is 491 g/mol. The molecular formula is C21H19BrClN3O4. The summed E-state index contributed by atoms with van der Waals surface area (Å²) in [6.45, 7) is 0.584. The first-order valence-corrected chi connectivity index (χ1v) is 10.1. The summed E-state index contributed by atoms with van der Waals surface area (Å²) in [5.74, 6) is -0.425. The van der Waals surface area contributed by atoms with Crippen LogP contribution >= 0.6 is 27.5 Å². The van der Waals surface area contributed by atoms with E-state index < -0.39 is 5.97 Å². The van der Waals surface area contributed by atoms with E-state index in [-0.39, 0.29) is 24.0 Å². The lowest BCUT2D eigenvalue weighted by atomic mass is 10.1. The maximum Gasteiger partial charge on any atom is 0.343 e. The highest BCUT2D eigenvalue weighted by atomic mass is 79.9. The van der Waals surface area contributed by atoms with E-state index in [1.807, 2.05) is 24.3 Å². The average molecular weight is 493 g/mol. The molecule has 9 heteroatoms. The van der Waals surface area contributed by atoms with Crippen LogP contribution in [0.2, 0.25) is 5.02 Å². The Hall–Kier alpha value is -2.84. The molecule has 30 heavy (non-hydrogen) atoms. The van der Waals surface area contributed by atoms with Gasteiger partial charge < -0.3 is 20.1 Å². The molecule has 0 bridgehead atoms. The summed E-state index contributed by atoms with van der Waals surface area (Å²) >= 11 is 9.60. The molecule has 0 unspecified atom stereocenters.